The Morgan fingerprint density at radius 3 is 2.43 bits per heavy atom. The highest BCUT2D eigenvalue weighted by molar-refractivity contribution is 5.68. The molecule has 0 saturated heterocycles. The quantitative estimate of drug-likeness (QED) is 0.810. The van der Waals surface area contributed by atoms with Crippen LogP contribution in [0.3, 0.4) is 0 Å². The van der Waals surface area contributed by atoms with Gasteiger partial charge in [-0.1, -0.05) is 6.07 Å². The summed E-state index contributed by atoms with van der Waals surface area (Å²) in [5.74, 6) is -1.72. The first kappa shape index (κ1) is 19.4. The van der Waals surface area contributed by atoms with E-state index in [1.807, 2.05) is 34.6 Å². The lowest BCUT2D eigenvalue weighted by molar-refractivity contribution is 0.0193. The Morgan fingerprint density at radius 1 is 1.26 bits per heavy atom. The number of ether oxygens (including phenoxy) is 1. The Labute approximate surface area is 136 Å². The summed E-state index contributed by atoms with van der Waals surface area (Å²) in [6.45, 7) is 10.7. The van der Waals surface area contributed by atoms with Crippen LogP contribution in [-0.4, -0.2) is 35.7 Å². The first-order valence-electron chi connectivity index (χ1n) is 7.74. The normalized spacial score (nSPS) is 11.7. The van der Waals surface area contributed by atoms with Crippen molar-refractivity contribution in [2.45, 2.75) is 52.8 Å². The molecule has 6 heteroatoms. The fraction of sp³-hybridized carbons (Fsp3) is 0.588. The molecule has 0 spiro atoms. The largest absolute Gasteiger partial charge is 0.444 e. The van der Waals surface area contributed by atoms with Crippen LogP contribution in [0.5, 0.6) is 0 Å². The predicted octanol–water partition coefficient (Wildman–Crippen LogP) is 3.70. The average molecular weight is 328 g/mol. The molecule has 0 aliphatic rings. The van der Waals surface area contributed by atoms with E-state index >= 15 is 0 Å². The van der Waals surface area contributed by atoms with Crippen LogP contribution in [0.1, 0.15) is 40.2 Å². The standard InChI is InChI=1S/C17H26F2N2O2/c1-12(2)21(16(22)23-17(3,4)5)9-8-20-11-13-6-7-14(18)15(19)10-13/h6-7,10,12,20H,8-9,11H2,1-5H3. The molecule has 0 aliphatic carbocycles. The van der Waals surface area contributed by atoms with Crippen molar-refractivity contribution < 1.29 is 18.3 Å². The second kappa shape index (κ2) is 8.24. The minimum absolute atomic E-state index is 0.00918. The Balaban J connectivity index is 2.47. The van der Waals surface area contributed by atoms with Gasteiger partial charge < -0.3 is 15.0 Å². The van der Waals surface area contributed by atoms with Crippen molar-refractivity contribution in [3.8, 4) is 0 Å². The molecule has 1 aromatic carbocycles. The molecule has 23 heavy (non-hydrogen) atoms. The average Bonchev–Trinajstić information content (AvgIpc) is 2.40. The van der Waals surface area contributed by atoms with Gasteiger partial charge in [-0.2, -0.15) is 0 Å². The van der Waals surface area contributed by atoms with Gasteiger partial charge in [-0.15, -0.1) is 0 Å². The van der Waals surface area contributed by atoms with E-state index in [-0.39, 0.29) is 12.1 Å². The van der Waals surface area contributed by atoms with E-state index in [0.29, 0.717) is 25.2 Å². The van der Waals surface area contributed by atoms with Crippen LogP contribution in [0, 0.1) is 11.6 Å². The van der Waals surface area contributed by atoms with Crippen molar-refractivity contribution >= 4 is 6.09 Å². The maximum Gasteiger partial charge on any atom is 0.410 e. The number of hydrogen-bond acceptors (Lipinski definition) is 3. The van der Waals surface area contributed by atoms with Gasteiger partial charge in [0.2, 0.25) is 0 Å². The third kappa shape index (κ3) is 6.95. The molecule has 0 radical (unpaired) electrons. The van der Waals surface area contributed by atoms with Gasteiger partial charge >= 0.3 is 6.09 Å². The highest BCUT2D eigenvalue weighted by Gasteiger charge is 2.23. The minimum Gasteiger partial charge on any atom is -0.444 e. The molecule has 1 amide bonds. The first-order valence-corrected chi connectivity index (χ1v) is 7.74. The smallest absolute Gasteiger partial charge is 0.410 e. The molecule has 0 fully saturated rings. The van der Waals surface area contributed by atoms with Crippen molar-refractivity contribution in [1.29, 1.82) is 0 Å². The van der Waals surface area contributed by atoms with Gasteiger partial charge in [-0.05, 0) is 52.3 Å². The van der Waals surface area contributed by atoms with Crippen LogP contribution in [0.25, 0.3) is 0 Å². The van der Waals surface area contributed by atoms with E-state index in [2.05, 4.69) is 5.32 Å². The van der Waals surface area contributed by atoms with Gasteiger partial charge in [0, 0.05) is 25.7 Å². The number of nitrogens with zero attached hydrogens (tertiary/aromatic N) is 1. The van der Waals surface area contributed by atoms with Gasteiger partial charge in [0.25, 0.3) is 0 Å². The third-order valence-electron chi connectivity index (χ3n) is 3.09. The van der Waals surface area contributed by atoms with Crippen LogP contribution in [0.2, 0.25) is 0 Å². The molecule has 0 atom stereocenters. The lowest BCUT2D eigenvalue weighted by Crippen LogP contribution is -2.44. The number of carbonyl (C=O) groups excluding carboxylic acids is 1. The third-order valence-corrected chi connectivity index (χ3v) is 3.09. The van der Waals surface area contributed by atoms with E-state index in [1.54, 1.807) is 4.90 Å². The monoisotopic (exact) mass is 328 g/mol. The zero-order valence-corrected chi connectivity index (χ0v) is 14.5. The van der Waals surface area contributed by atoms with Crippen molar-refractivity contribution in [2.75, 3.05) is 13.1 Å². The minimum atomic E-state index is -0.859. The van der Waals surface area contributed by atoms with E-state index in [0.717, 1.165) is 12.1 Å². The summed E-state index contributed by atoms with van der Waals surface area (Å²) in [6, 6.07) is 3.80. The van der Waals surface area contributed by atoms with Gasteiger partial charge in [0.05, 0.1) is 0 Å². The molecular formula is C17H26F2N2O2. The van der Waals surface area contributed by atoms with E-state index in [1.165, 1.54) is 6.07 Å². The molecule has 0 aliphatic heterocycles. The molecular weight excluding hydrogens is 302 g/mol. The van der Waals surface area contributed by atoms with Crippen LogP contribution in [0.15, 0.2) is 18.2 Å². The molecule has 4 nitrogen and oxygen atoms in total. The van der Waals surface area contributed by atoms with Crippen molar-refractivity contribution in [3.63, 3.8) is 0 Å². The molecule has 0 heterocycles. The van der Waals surface area contributed by atoms with Crippen molar-refractivity contribution in [2.24, 2.45) is 0 Å². The number of halogens is 2. The Kier molecular flexibility index (Phi) is 6.94. The van der Waals surface area contributed by atoms with Gasteiger partial charge in [-0.3, -0.25) is 0 Å². The fourth-order valence-corrected chi connectivity index (χ4v) is 1.96. The van der Waals surface area contributed by atoms with Gasteiger partial charge in [0.1, 0.15) is 5.60 Å². The fourth-order valence-electron chi connectivity index (χ4n) is 1.96. The number of carbonyl (C=O) groups is 1. The molecule has 1 aromatic rings. The summed E-state index contributed by atoms with van der Waals surface area (Å²) < 4.78 is 31.3. The SMILES string of the molecule is CC(C)N(CCNCc1ccc(F)c(F)c1)C(=O)OC(C)(C)C. The second-order valence-electron chi connectivity index (χ2n) is 6.69. The summed E-state index contributed by atoms with van der Waals surface area (Å²) in [5.41, 5.74) is 0.112. The highest BCUT2D eigenvalue weighted by atomic mass is 19.2. The number of nitrogens with one attached hydrogen (secondary N) is 1. The van der Waals surface area contributed by atoms with Crippen molar-refractivity contribution in [3.05, 3.63) is 35.4 Å². The summed E-state index contributed by atoms with van der Waals surface area (Å²) >= 11 is 0. The molecule has 0 bridgehead atoms. The summed E-state index contributed by atoms with van der Waals surface area (Å²) in [4.78, 5) is 13.8. The van der Waals surface area contributed by atoms with Crippen LogP contribution in [-0.2, 0) is 11.3 Å². The molecule has 1 rings (SSSR count). The highest BCUT2D eigenvalue weighted by Crippen LogP contribution is 2.12. The van der Waals surface area contributed by atoms with Crippen LogP contribution in [0.4, 0.5) is 13.6 Å². The number of rotatable bonds is 6. The molecule has 0 unspecified atom stereocenters. The van der Waals surface area contributed by atoms with E-state index in [9.17, 15) is 13.6 Å². The van der Waals surface area contributed by atoms with E-state index < -0.39 is 17.2 Å². The molecule has 1 N–H and O–H groups in total. The van der Waals surface area contributed by atoms with Crippen LogP contribution < -0.4 is 5.32 Å². The maximum absolute atomic E-state index is 13.1. The lowest BCUT2D eigenvalue weighted by atomic mass is 10.2. The van der Waals surface area contributed by atoms with Gasteiger partial charge in [0.15, 0.2) is 11.6 Å². The number of hydrogen-bond donors (Lipinski definition) is 1. The summed E-state index contributed by atoms with van der Waals surface area (Å²) in [7, 11) is 0. The van der Waals surface area contributed by atoms with Gasteiger partial charge in [-0.25, -0.2) is 13.6 Å². The molecule has 0 saturated carbocycles. The predicted molar refractivity (Wildman–Crippen MR) is 86.1 cm³/mol. The summed E-state index contributed by atoms with van der Waals surface area (Å²) in [6.07, 6.45) is -0.359. The lowest BCUT2D eigenvalue weighted by Gasteiger charge is -2.30. The van der Waals surface area contributed by atoms with E-state index in [4.69, 9.17) is 4.74 Å². The number of benzene rings is 1. The summed E-state index contributed by atoms with van der Waals surface area (Å²) in [5, 5.41) is 3.11. The zero-order valence-electron chi connectivity index (χ0n) is 14.5. The Morgan fingerprint density at radius 2 is 1.91 bits per heavy atom. The van der Waals surface area contributed by atoms with Crippen LogP contribution >= 0.6 is 0 Å². The topological polar surface area (TPSA) is 41.6 Å². The number of amides is 1. The maximum atomic E-state index is 13.1. The van der Waals surface area contributed by atoms with Crippen molar-refractivity contribution in [1.82, 2.24) is 10.2 Å². The molecule has 0 aromatic heterocycles. The Hall–Kier alpha value is -1.69. The second-order valence-corrected chi connectivity index (χ2v) is 6.69. The Bertz CT molecular complexity index is 528. The molecule has 130 valence electrons. The first-order chi connectivity index (χ1) is 10.6. The zero-order chi connectivity index (χ0) is 17.6.